The molecule has 5 nitrogen and oxygen atoms in total. The molecule has 1 atom stereocenters. The third kappa shape index (κ3) is 4.93. The molecule has 0 fully saturated rings. The van der Waals surface area contributed by atoms with Crippen LogP contribution in [0.15, 0.2) is 150 Å². The number of nitrogens with zero attached hydrogens (tertiary/aromatic N) is 3. The summed E-state index contributed by atoms with van der Waals surface area (Å²) in [6.07, 6.45) is 2.44. The summed E-state index contributed by atoms with van der Waals surface area (Å²) in [6.45, 7) is 0. The molecule has 0 radical (unpaired) electrons. The van der Waals surface area contributed by atoms with Crippen LogP contribution in [0.1, 0.15) is 39.5 Å². The molecule has 6 aromatic carbocycles. The quantitative estimate of drug-likeness (QED) is 0.131. The van der Waals surface area contributed by atoms with Crippen LogP contribution in [-0.4, -0.2) is 17.8 Å². The Labute approximate surface area is 244 Å². The molecule has 0 aromatic heterocycles. The number of fused-ring (bicyclic) bond motifs is 2. The van der Waals surface area contributed by atoms with Crippen LogP contribution in [0.3, 0.4) is 0 Å². The number of carbonyl (C=O) groups is 1. The fourth-order valence-electron chi connectivity index (χ4n) is 5.72. The van der Waals surface area contributed by atoms with Gasteiger partial charge in [0, 0.05) is 12.0 Å². The van der Waals surface area contributed by atoms with Crippen molar-refractivity contribution in [2.45, 2.75) is 12.5 Å². The average molecular weight is 545 g/mol. The van der Waals surface area contributed by atoms with Crippen molar-refractivity contribution in [2.75, 3.05) is 5.01 Å². The molecule has 1 unspecified atom stereocenters. The zero-order valence-corrected chi connectivity index (χ0v) is 22.9. The number of benzene rings is 6. The van der Waals surface area contributed by atoms with Crippen molar-refractivity contribution in [3.05, 3.63) is 162 Å². The minimum Gasteiger partial charge on any atom is -0.267 e. The predicted octanol–water partition coefficient (Wildman–Crippen LogP) is 8.11. The molecule has 42 heavy (non-hydrogen) atoms. The van der Waals surface area contributed by atoms with Crippen molar-refractivity contribution in [3.8, 4) is 0 Å². The second kappa shape index (κ2) is 11.1. The molecule has 1 aliphatic heterocycles. The first-order valence-corrected chi connectivity index (χ1v) is 14.1. The summed E-state index contributed by atoms with van der Waals surface area (Å²) < 4.78 is 0. The monoisotopic (exact) mass is 544 g/mol. The van der Waals surface area contributed by atoms with E-state index in [1.54, 1.807) is 18.3 Å². The molecule has 0 saturated heterocycles. The Morgan fingerprint density at radius 3 is 2.00 bits per heavy atom. The minimum absolute atomic E-state index is 0.0147. The van der Waals surface area contributed by atoms with Gasteiger partial charge in [-0.1, -0.05) is 109 Å². The number of anilines is 1. The van der Waals surface area contributed by atoms with Crippen molar-refractivity contribution >= 4 is 45.1 Å². The molecular formula is C37H28N4O. The summed E-state index contributed by atoms with van der Waals surface area (Å²) in [6, 6.07) is 47.2. The SMILES string of the molecule is O=C(N/N=C/c1ccc(N2N=C(c3ccccc3)CC2c2c3ccccc3cc3ccccc23)cc1)c1ccccc1. The summed E-state index contributed by atoms with van der Waals surface area (Å²) in [7, 11) is 0. The number of hydrogen-bond acceptors (Lipinski definition) is 4. The summed E-state index contributed by atoms with van der Waals surface area (Å²) in [5, 5.41) is 16.5. The largest absolute Gasteiger partial charge is 0.271 e. The zero-order valence-electron chi connectivity index (χ0n) is 22.9. The van der Waals surface area contributed by atoms with Gasteiger partial charge in [-0.25, -0.2) is 5.43 Å². The number of hydrogen-bond donors (Lipinski definition) is 1. The summed E-state index contributed by atoms with van der Waals surface area (Å²) >= 11 is 0. The molecule has 1 N–H and O–H groups in total. The summed E-state index contributed by atoms with van der Waals surface area (Å²) in [5.41, 5.74) is 8.52. The Morgan fingerprint density at radius 1 is 0.738 bits per heavy atom. The van der Waals surface area contributed by atoms with E-state index in [1.165, 1.54) is 27.1 Å². The number of hydrazone groups is 2. The van der Waals surface area contributed by atoms with Gasteiger partial charge in [-0.2, -0.15) is 10.2 Å². The van der Waals surface area contributed by atoms with Crippen LogP contribution in [0.25, 0.3) is 21.5 Å². The predicted molar refractivity (Wildman–Crippen MR) is 172 cm³/mol. The number of nitrogens with one attached hydrogen (secondary N) is 1. The van der Waals surface area contributed by atoms with Gasteiger partial charge in [0.1, 0.15) is 0 Å². The standard InChI is InChI=1S/C37H28N4O/c42-37(28-13-5-2-6-14-28)39-38-25-26-19-21-31(22-20-26)41-35(24-34(40-41)27-11-3-1-4-12-27)36-32-17-9-7-15-29(32)23-30-16-8-10-18-33(30)36/h1-23,25,35H,24H2,(H,39,42)/b38-25+. The molecule has 1 amide bonds. The van der Waals surface area contributed by atoms with E-state index in [2.05, 4.69) is 107 Å². The highest BCUT2D eigenvalue weighted by Crippen LogP contribution is 2.42. The van der Waals surface area contributed by atoms with Gasteiger partial charge in [-0.3, -0.25) is 9.80 Å². The minimum atomic E-state index is -0.242. The fourth-order valence-corrected chi connectivity index (χ4v) is 5.72. The molecule has 0 saturated carbocycles. The molecular weight excluding hydrogens is 516 g/mol. The molecule has 202 valence electrons. The third-order valence-corrected chi connectivity index (χ3v) is 7.74. The Hall–Kier alpha value is -5.55. The number of amides is 1. The molecule has 5 heteroatoms. The van der Waals surface area contributed by atoms with Crippen LogP contribution in [0, 0.1) is 0 Å². The Kier molecular flexibility index (Phi) is 6.74. The van der Waals surface area contributed by atoms with Crippen molar-refractivity contribution in [2.24, 2.45) is 10.2 Å². The van der Waals surface area contributed by atoms with Crippen molar-refractivity contribution in [3.63, 3.8) is 0 Å². The first kappa shape index (κ1) is 25.4. The average Bonchev–Trinajstić information content (AvgIpc) is 3.50. The molecule has 0 aliphatic carbocycles. The highest BCUT2D eigenvalue weighted by Gasteiger charge is 2.32. The van der Waals surface area contributed by atoms with Gasteiger partial charge in [0.15, 0.2) is 0 Å². The Morgan fingerprint density at radius 2 is 1.33 bits per heavy atom. The number of carbonyl (C=O) groups excluding carboxylic acids is 1. The van der Waals surface area contributed by atoms with Crippen LogP contribution in [0.4, 0.5) is 5.69 Å². The van der Waals surface area contributed by atoms with Crippen LogP contribution in [-0.2, 0) is 0 Å². The fraction of sp³-hybridized carbons (Fsp3) is 0.0541. The van der Waals surface area contributed by atoms with Crippen LogP contribution < -0.4 is 10.4 Å². The molecule has 7 rings (SSSR count). The molecule has 6 aromatic rings. The topological polar surface area (TPSA) is 57.1 Å². The summed E-state index contributed by atoms with van der Waals surface area (Å²) in [4.78, 5) is 12.3. The van der Waals surface area contributed by atoms with Crippen molar-refractivity contribution < 1.29 is 4.79 Å². The maximum Gasteiger partial charge on any atom is 0.271 e. The van der Waals surface area contributed by atoms with Gasteiger partial charge in [0.25, 0.3) is 5.91 Å². The van der Waals surface area contributed by atoms with E-state index >= 15 is 0 Å². The lowest BCUT2D eigenvalue weighted by Crippen LogP contribution is -2.19. The molecule has 1 heterocycles. The van der Waals surface area contributed by atoms with E-state index in [9.17, 15) is 4.79 Å². The first-order valence-electron chi connectivity index (χ1n) is 14.1. The molecule has 1 aliphatic rings. The third-order valence-electron chi connectivity index (χ3n) is 7.74. The van der Waals surface area contributed by atoms with E-state index in [0.29, 0.717) is 5.56 Å². The lowest BCUT2D eigenvalue weighted by Gasteiger charge is -2.26. The second-order valence-corrected chi connectivity index (χ2v) is 10.4. The van der Waals surface area contributed by atoms with Gasteiger partial charge in [0.2, 0.25) is 0 Å². The van der Waals surface area contributed by atoms with Crippen LogP contribution in [0.2, 0.25) is 0 Å². The van der Waals surface area contributed by atoms with Crippen LogP contribution >= 0.6 is 0 Å². The van der Waals surface area contributed by atoms with Gasteiger partial charge >= 0.3 is 0 Å². The lowest BCUT2D eigenvalue weighted by molar-refractivity contribution is 0.0955. The van der Waals surface area contributed by atoms with E-state index in [1.807, 2.05) is 36.4 Å². The van der Waals surface area contributed by atoms with Gasteiger partial charge in [-0.15, -0.1) is 0 Å². The molecule has 0 bridgehead atoms. The first-order chi connectivity index (χ1) is 20.7. The lowest BCUT2D eigenvalue weighted by atomic mass is 9.89. The Bertz CT molecular complexity index is 1890. The normalized spacial score (nSPS) is 14.9. The smallest absolute Gasteiger partial charge is 0.267 e. The maximum atomic E-state index is 12.3. The van der Waals surface area contributed by atoms with Gasteiger partial charge < -0.3 is 0 Å². The van der Waals surface area contributed by atoms with Crippen molar-refractivity contribution in [1.82, 2.24) is 5.43 Å². The van der Waals surface area contributed by atoms with Crippen molar-refractivity contribution in [1.29, 1.82) is 0 Å². The van der Waals surface area contributed by atoms with E-state index < -0.39 is 0 Å². The van der Waals surface area contributed by atoms with Gasteiger partial charge in [0.05, 0.1) is 23.7 Å². The number of rotatable bonds is 6. The second-order valence-electron chi connectivity index (χ2n) is 10.4. The Balaban J connectivity index is 1.25. The van der Waals surface area contributed by atoms with Crippen LogP contribution in [0.5, 0.6) is 0 Å². The highest BCUT2D eigenvalue weighted by atomic mass is 16.2. The molecule has 0 spiro atoms. The maximum absolute atomic E-state index is 12.3. The summed E-state index contributed by atoms with van der Waals surface area (Å²) in [5.74, 6) is -0.242. The highest BCUT2D eigenvalue weighted by molar-refractivity contribution is 6.07. The van der Waals surface area contributed by atoms with E-state index in [0.717, 1.165) is 28.9 Å². The van der Waals surface area contributed by atoms with Gasteiger partial charge in [-0.05, 0) is 68.6 Å². The van der Waals surface area contributed by atoms with E-state index in [-0.39, 0.29) is 11.9 Å². The zero-order chi connectivity index (χ0) is 28.3. The van der Waals surface area contributed by atoms with E-state index in [4.69, 9.17) is 5.10 Å².